The Morgan fingerprint density at radius 2 is 2.38 bits per heavy atom. The fourth-order valence-corrected chi connectivity index (χ4v) is 2.71. The molecule has 1 saturated heterocycles. The quantitative estimate of drug-likeness (QED) is 0.657. The Bertz CT molecular complexity index is 311. The highest BCUT2D eigenvalue weighted by atomic mass is 35.5. The molecule has 3 nitrogen and oxygen atoms in total. The molecule has 2 aliphatic rings. The molecule has 0 radical (unpaired) electrons. The Morgan fingerprint density at radius 1 is 1.56 bits per heavy atom. The topological polar surface area (TPSA) is 18.8 Å². The first-order valence-corrected chi connectivity index (χ1v) is 6.47. The minimum absolute atomic E-state index is 0.599. The van der Waals surface area contributed by atoms with Gasteiger partial charge in [-0.05, 0) is 18.8 Å². The molecule has 2 aliphatic heterocycles. The first kappa shape index (κ1) is 11.8. The van der Waals surface area contributed by atoms with Crippen molar-refractivity contribution in [3.8, 4) is 0 Å². The van der Waals surface area contributed by atoms with E-state index in [1.54, 1.807) is 0 Å². The molecule has 0 aliphatic carbocycles. The number of nitrogens with zero attached hydrogens (tertiary/aromatic N) is 3. The second-order valence-corrected chi connectivity index (χ2v) is 5.14. The number of halogens is 1. The van der Waals surface area contributed by atoms with Crippen molar-refractivity contribution in [2.75, 3.05) is 26.7 Å². The number of hydrogen-bond acceptors (Lipinski definition) is 3. The van der Waals surface area contributed by atoms with Gasteiger partial charge < -0.3 is 9.80 Å². The van der Waals surface area contributed by atoms with Crippen molar-refractivity contribution in [2.45, 2.75) is 26.2 Å². The van der Waals surface area contributed by atoms with E-state index >= 15 is 0 Å². The van der Waals surface area contributed by atoms with Gasteiger partial charge in [0.2, 0.25) is 0 Å². The van der Waals surface area contributed by atoms with Gasteiger partial charge in [0.1, 0.15) is 11.0 Å². The van der Waals surface area contributed by atoms with Crippen LogP contribution >= 0.6 is 11.6 Å². The van der Waals surface area contributed by atoms with Crippen LogP contribution in [0.15, 0.2) is 16.3 Å². The van der Waals surface area contributed by atoms with Crippen LogP contribution in [0.3, 0.4) is 0 Å². The highest BCUT2D eigenvalue weighted by Gasteiger charge is 2.23. The maximum absolute atomic E-state index is 6.00. The Hall–Kier alpha value is -0.700. The Kier molecular flexibility index (Phi) is 3.74. The van der Waals surface area contributed by atoms with Crippen LogP contribution in [-0.2, 0) is 0 Å². The summed E-state index contributed by atoms with van der Waals surface area (Å²) in [5.41, 5.74) is 0. The van der Waals surface area contributed by atoms with Crippen molar-refractivity contribution < 1.29 is 0 Å². The number of piperidine rings is 1. The minimum atomic E-state index is 0.599. The van der Waals surface area contributed by atoms with Crippen molar-refractivity contribution in [1.29, 1.82) is 0 Å². The van der Waals surface area contributed by atoms with Crippen LogP contribution in [0.25, 0.3) is 0 Å². The molecular weight excluding hydrogens is 222 g/mol. The smallest absolute Gasteiger partial charge is 0.147 e. The summed E-state index contributed by atoms with van der Waals surface area (Å²) in [7, 11) is 2.04. The van der Waals surface area contributed by atoms with E-state index in [2.05, 4.69) is 21.7 Å². The van der Waals surface area contributed by atoms with Gasteiger partial charge in [0.05, 0.1) is 6.54 Å². The molecule has 1 atom stereocenters. The van der Waals surface area contributed by atoms with Gasteiger partial charge >= 0.3 is 0 Å². The van der Waals surface area contributed by atoms with Gasteiger partial charge in [0, 0.05) is 26.3 Å². The molecule has 4 heteroatoms. The molecule has 0 aromatic heterocycles. The summed E-state index contributed by atoms with van der Waals surface area (Å²) in [6.07, 6.45) is 5.79. The summed E-state index contributed by atoms with van der Waals surface area (Å²) in [6.45, 7) is 5.43. The van der Waals surface area contributed by atoms with Crippen LogP contribution in [0.2, 0.25) is 0 Å². The maximum atomic E-state index is 6.00. The van der Waals surface area contributed by atoms with Gasteiger partial charge in [-0.2, -0.15) is 0 Å². The predicted octanol–water partition coefficient (Wildman–Crippen LogP) is 2.49. The van der Waals surface area contributed by atoms with Crippen LogP contribution in [0.4, 0.5) is 0 Å². The molecule has 0 spiro atoms. The number of rotatable bonds is 1. The molecule has 0 aromatic carbocycles. The first-order valence-electron chi connectivity index (χ1n) is 6.09. The highest BCUT2D eigenvalue weighted by molar-refractivity contribution is 6.30. The second kappa shape index (κ2) is 5.09. The summed E-state index contributed by atoms with van der Waals surface area (Å²) in [6, 6.07) is 0. The molecule has 90 valence electrons. The van der Waals surface area contributed by atoms with Gasteiger partial charge in [-0.25, -0.2) is 4.99 Å². The summed E-state index contributed by atoms with van der Waals surface area (Å²) in [5, 5.41) is 0.599. The molecule has 0 saturated carbocycles. The normalized spacial score (nSPS) is 26.6. The fourth-order valence-electron chi connectivity index (χ4n) is 2.44. The average Bonchev–Trinajstić information content (AvgIpc) is 2.28. The van der Waals surface area contributed by atoms with E-state index in [0.717, 1.165) is 31.4 Å². The molecule has 0 amide bonds. The number of hydrogen-bond donors (Lipinski definition) is 0. The van der Waals surface area contributed by atoms with Crippen LogP contribution in [0.1, 0.15) is 26.2 Å². The summed E-state index contributed by atoms with van der Waals surface area (Å²) >= 11 is 6.00. The minimum Gasteiger partial charge on any atom is -0.370 e. The first-order chi connectivity index (χ1) is 7.69. The van der Waals surface area contributed by atoms with Crippen molar-refractivity contribution in [1.82, 2.24) is 9.80 Å². The van der Waals surface area contributed by atoms with E-state index in [0.29, 0.717) is 5.16 Å². The number of amidine groups is 1. The van der Waals surface area contributed by atoms with E-state index in [-0.39, 0.29) is 0 Å². The summed E-state index contributed by atoms with van der Waals surface area (Å²) in [5.74, 6) is 1.96. The van der Waals surface area contributed by atoms with Gasteiger partial charge in [-0.15, -0.1) is 0 Å². The average molecular weight is 242 g/mol. The number of likely N-dealkylation sites (N-methyl/N-ethyl adjacent to an activating group) is 1. The molecule has 1 fully saturated rings. The van der Waals surface area contributed by atoms with E-state index < -0.39 is 0 Å². The second-order valence-electron chi connectivity index (χ2n) is 4.76. The van der Waals surface area contributed by atoms with Gasteiger partial charge in [0.15, 0.2) is 0 Å². The zero-order valence-electron chi connectivity index (χ0n) is 10.1. The van der Waals surface area contributed by atoms with E-state index in [4.69, 9.17) is 11.6 Å². The molecule has 1 unspecified atom stereocenters. The molecule has 2 heterocycles. The lowest BCUT2D eigenvalue weighted by Crippen LogP contribution is -2.44. The number of aliphatic imine (C=N–C) groups is 1. The molecule has 0 aromatic rings. The predicted molar refractivity (Wildman–Crippen MR) is 68.6 cm³/mol. The molecule has 2 rings (SSSR count). The van der Waals surface area contributed by atoms with E-state index in [1.165, 1.54) is 19.3 Å². The Morgan fingerprint density at radius 3 is 3.06 bits per heavy atom. The number of likely N-dealkylation sites (tertiary alicyclic amines) is 1. The fraction of sp³-hybridized carbons (Fsp3) is 0.750. The monoisotopic (exact) mass is 241 g/mol. The SMILES string of the molecule is CCC1CCCN(C2=NC(Cl)=CN(C)C2)C1. The standard InChI is InChI=1S/C12H20ClN3/c1-3-10-5-4-6-16(7-10)12-9-15(2)8-11(13)14-12/h8,10H,3-7,9H2,1-2H3. The third kappa shape index (κ3) is 2.70. The summed E-state index contributed by atoms with van der Waals surface area (Å²) in [4.78, 5) is 8.96. The van der Waals surface area contributed by atoms with Crippen LogP contribution < -0.4 is 0 Å². The Labute approximate surface area is 103 Å². The third-order valence-electron chi connectivity index (χ3n) is 3.41. The van der Waals surface area contributed by atoms with Gasteiger partial charge in [-0.3, -0.25) is 0 Å². The largest absolute Gasteiger partial charge is 0.370 e. The van der Waals surface area contributed by atoms with Crippen molar-refractivity contribution in [3.05, 3.63) is 11.4 Å². The van der Waals surface area contributed by atoms with Crippen LogP contribution in [0, 0.1) is 5.92 Å². The lowest BCUT2D eigenvalue weighted by molar-refractivity contribution is 0.245. The lowest BCUT2D eigenvalue weighted by Gasteiger charge is -2.36. The Balaban J connectivity index is 2.04. The van der Waals surface area contributed by atoms with Crippen molar-refractivity contribution in [2.24, 2.45) is 10.9 Å². The zero-order valence-corrected chi connectivity index (χ0v) is 10.9. The van der Waals surface area contributed by atoms with Crippen LogP contribution in [0.5, 0.6) is 0 Å². The zero-order chi connectivity index (χ0) is 11.5. The molecular formula is C12H20ClN3. The molecule has 0 N–H and O–H groups in total. The van der Waals surface area contributed by atoms with Gasteiger partial charge in [-0.1, -0.05) is 24.9 Å². The lowest BCUT2D eigenvalue weighted by atomic mass is 9.95. The maximum Gasteiger partial charge on any atom is 0.147 e. The van der Waals surface area contributed by atoms with Crippen molar-refractivity contribution >= 4 is 17.4 Å². The van der Waals surface area contributed by atoms with Crippen molar-refractivity contribution in [3.63, 3.8) is 0 Å². The third-order valence-corrected chi connectivity index (χ3v) is 3.60. The summed E-state index contributed by atoms with van der Waals surface area (Å²) < 4.78 is 0. The van der Waals surface area contributed by atoms with Gasteiger partial charge in [0.25, 0.3) is 0 Å². The van der Waals surface area contributed by atoms with Crippen LogP contribution in [-0.4, -0.2) is 42.3 Å². The molecule has 16 heavy (non-hydrogen) atoms. The van der Waals surface area contributed by atoms with E-state index in [9.17, 15) is 0 Å². The molecule has 0 bridgehead atoms. The van der Waals surface area contributed by atoms with E-state index in [1.807, 2.05) is 13.2 Å². The highest BCUT2D eigenvalue weighted by Crippen LogP contribution is 2.21.